The predicted octanol–water partition coefficient (Wildman–Crippen LogP) is 4.57. The second-order valence-corrected chi connectivity index (χ2v) is 8.27. The molecule has 168 valence electrons. The Morgan fingerprint density at radius 1 is 0.939 bits per heavy atom. The zero-order valence-corrected chi connectivity index (χ0v) is 19.7. The number of amides is 2. The van der Waals surface area contributed by atoms with Crippen LogP contribution in [0.4, 0.5) is 11.4 Å². The fourth-order valence-corrected chi connectivity index (χ4v) is 3.57. The number of nitrogens with one attached hydrogen (secondary N) is 2. The summed E-state index contributed by atoms with van der Waals surface area (Å²) in [5.41, 5.74) is 1.69. The summed E-state index contributed by atoms with van der Waals surface area (Å²) < 4.78 is 9.53. The molecule has 11 heteroatoms. The zero-order chi connectivity index (χ0) is 23.4. The van der Waals surface area contributed by atoms with Gasteiger partial charge in [0.1, 0.15) is 5.75 Å². The Hall–Kier alpha value is -3.63. The highest BCUT2D eigenvalue weighted by Gasteiger charge is 2.12. The first-order chi connectivity index (χ1) is 15.9. The first kappa shape index (κ1) is 22.6. The topological polar surface area (TPSA) is 103 Å². The normalized spacial score (nSPS) is 10.6. The maximum absolute atomic E-state index is 12.5. The van der Waals surface area contributed by atoms with Crippen LogP contribution < -0.4 is 15.4 Å². The number of hydrogen-bond acceptors (Lipinski definition) is 5. The highest BCUT2D eigenvalue weighted by Crippen LogP contribution is 2.27. The van der Waals surface area contributed by atoms with Gasteiger partial charge in [-0.05, 0) is 54.6 Å². The van der Waals surface area contributed by atoms with Crippen molar-refractivity contribution in [3.8, 4) is 5.75 Å². The molecule has 2 amide bonds. The van der Waals surface area contributed by atoms with Crippen molar-refractivity contribution >= 4 is 50.7 Å². The standard InChI is InChI=1S/C22H18BrClN6O3/c1-29-10-8-18(27-29)21(31)25-15-3-5-16(6-4-15)26-22(32)19-9-11-30(28-19)13-33-20-7-2-14(23)12-17(20)24/h2-12H,13H2,1H3,(H,25,31)(H,26,32). The average molecular weight is 530 g/mol. The lowest BCUT2D eigenvalue weighted by Crippen LogP contribution is -2.15. The maximum Gasteiger partial charge on any atom is 0.276 e. The Kier molecular flexibility index (Phi) is 6.76. The summed E-state index contributed by atoms with van der Waals surface area (Å²) in [5, 5.41) is 14.3. The predicted molar refractivity (Wildman–Crippen MR) is 128 cm³/mol. The van der Waals surface area contributed by atoms with Gasteiger partial charge in [0.05, 0.1) is 5.02 Å². The summed E-state index contributed by atoms with van der Waals surface area (Å²) in [6, 6.07) is 15.2. The van der Waals surface area contributed by atoms with Gasteiger partial charge in [0.25, 0.3) is 11.8 Å². The number of hydrogen-bond donors (Lipinski definition) is 2. The van der Waals surface area contributed by atoms with Crippen molar-refractivity contribution in [2.75, 3.05) is 10.6 Å². The van der Waals surface area contributed by atoms with E-state index in [1.165, 1.54) is 4.68 Å². The van der Waals surface area contributed by atoms with Crippen LogP contribution in [0.15, 0.2) is 71.5 Å². The number of aryl methyl sites for hydroxylation is 1. The Bertz CT molecular complexity index is 1300. The molecule has 0 radical (unpaired) electrons. The fraction of sp³-hybridized carbons (Fsp3) is 0.0909. The third kappa shape index (κ3) is 5.79. The molecule has 2 aromatic carbocycles. The number of nitrogens with zero attached hydrogens (tertiary/aromatic N) is 4. The van der Waals surface area contributed by atoms with E-state index in [-0.39, 0.29) is 24.2 Å². The highest BCUT2D eigenvalue weighted by molar-refractivity contribution is 9.10. The van der Waals surface area contributed by atoms with Crippen molar-refractivity contribution in [2.45, 2.75) is 6.73 Å². The molecule has 4 rings (SSSR count). The largest absolute Gasteiger partial charge is 0.470 e. The summed E-state index contributed by atoms with van der Waals surface area (Å²) in [6.45, 7) is 0.0965. The number of anilines is 2. The average Bonchev–Trinajstić information content (AvgIpc) is 3.44. The van der Waals surface area contributed by atoms with E-state index in [0.717, 1.165) is 4.47 Å². The van der Waals surface area contributed by atoms with Gasteiger partial charge in [-0.15, -0.1) is 0 Å². The molecule has 0 bridgehead atoms. The Labute approximate surface area is 202 Å². The summed E-state index contributed by atoms with van der Waals surface area (Å²) in [5.74, 6) is -0.179. The molecule has 0 aliphatic carbocycles. The fourth-order valence-electron chi connectivity index (χ4n) is 2.85. The van der Waals surface area contributed by atoms with Gasteiger partial charge in [0, 0.05) is 35.3 Å². The van der Waals surface area contributed by atoms with Crippen molar-refractivity contribution < 1.29 is 14.3 Å². The van der Waals surface area contributed by atoms with E-state index in [4.69, 9.17) is 16.3 Å². The van der Waals surface area contributed by atoms with Gasteiger partial charge in [-0.1, -0.05) is 27.5 Å². The minimum atomic E-state index is -0.374. The zero-order valence-electron chi connectivity index (χ0n) is 17.3. The van der Waals surface area contributed by atoms with Crippen LogP contribution in [0.3, 0.4) is 0 Å². The van der Waals surface area contributed by atoms with Gasteiger partial charge >= 0.3 is 0 Å². The second-order valence-electron chi connectivity index (χ2n) is 6.95. The van der Waals surface area contributed by atoms with Crippen molar-refractivity contribution in [3.05, 3.63) is 87.9 Å². The molecule has 0 unspecified atom stereocenters. The van der Waals surface area contributed by atoms with Gasteiger partial charge in [0.2, 0.25) is 0 Å². The minimum absolute atomic E-state index is 0.0965. The van der Waals surface area contributed by atoms with Gasteiger partial charge in [-0.2, -0.15) is 10.2 Å². The minimum Gasteiger partial charge on any atom is -0.470 e. The Morgan fingerprint density at radius 2 is 1.55 bits per heavy atom. The van der Waals surface area contributed by atoms with Crippen LogP contribution in [-0.4, -0.2) is 31.4 Å². The number of rotatable bonds is 7. The maximum atomic E-state index is 12.5. The summed E-state index contributed by atoms with van der Waals surface area (Å²) in [4.78, 5) is 24.7. The van der Waals surface area contributed by atoms with E-state index in [1.807, 2.05) is 6.07 Å². The Balaban J connectivity index is 1.32. The lowest BCUT2D eigenvalue weighted by molar-refractivity contribution is 0.101. The molecule has 4 aromatic rings. The van der Waals surface area contributed by atoms with Crippen LogP contribution in [-0.2, 0) is 13.8 Å². The number of aromatic nitrogens is 4. The number of benzene rings is 2. The van der Waals surface area contributed by atoms with Crippen LogP contribution in [0.1, 0.15) is 21.0 Å². The van der Waals surface area contributed by atoms with Crippen molar-refractivity contribution in [1.29, 1.82) is 0 Å². The number of halogens is 2. The third-order valence-corrected chi connectivity index (χ3v) is 5.26. The van der Waals surface area contributed by atoms with Crippen molar-refractivity contribution in [2.24, 2.45) is 7.05 Å². The molecule has 0 saturated carbocycles. The van der Waals surface area contributed by atoms with E-state index < -0.39 is 0 Å². The van der Waals surface area contributed by atoms with Crippen LogP contribution in [0.5, 0.6) is 5.75 Å². The van der Waals surface area contributed by atoms with E-state index >= 15 is 0 Å². The van der Waals surface area contributed by atoms with Crippen molar-refractivity contribution in [3.63, 3.8) is 0 Å². The van der Waals surface area contributed by atoms with Crippen LogP contribution in [0.25, 0.3) is 0 Å². The lowest BCUT2D eigenvalue weighted by atomic mass is 10.2. The van der Waals surface area contributed by atoms with Crippen LogP contribution in [0.2, 0.25) is 5.02 Å². The first-order valence-corrected chi connectivity index (χ1v) is 10.9. The molecule has 2 heterocycles. The van der Waals surface area contributed by atoms with E-state index in [0.29, 0.717) is 27.8 Å². The highest BCUT2D eigenvalue weighted by atomic mass is 79.9. The smallest absolute Gasteiger partial charge is 0.276 e. The van der Waals surface area contributed by atoms with Gasteiger partial charge in [0.15, 0.2) is 18.1 Å². The van der Waals surface area contributed by atoms with Gasteiger partial charge in [-0.25, -0.2) is 4.68 Å². The summed E-state index contributed by atoms with van der Waals surface area (Å²) in [7, 11) is 1.74. The second kappa shape index (κ2) is 9.88. The SMILES string of the molecule is Cn1ccc(C(=O)Nc2ccc(NC(=O)c3ccn(COc4ccc(Br)cc4Cl)n3)cc2)n1. The first-order valence-electron chi connectivity index (χ1n) is 9.71. The van der Waals surface area contributed by atoms with Gasteiger partial charge in [-0.3, -0.25) is 14.3 Å². The summed E-state index contributed by atoms with van der Waals surface area (Å²) >= 11 is 9.48. The molecule has 0 saturated heterocycles. The molecule has 0 aliphatic rings. The molecule has 0 fully saturated rings. The Morgan fingerprint density at radius 3 is 2.12 bits per heavy atom. The summed E-state index contributed by atoms with van der Waals surface area (Å²) in [6.07, 6.45) is 3.33. The molecule has 0 spiro atoms. The molecular formula is C22H18BrClN6O3. The lowest BCUT2D eigenvalue weighted by Gasteiger charge is -2.08. The molecule has 33 heavy (non-hydrogen) atoms. The van der Waals surface area contributed by atoms with E-state index in [9.17, 15) is 9.59 Å². The molecule has 9 nitrogen and oxygen atoms in total. The number of ether oxygens (including phenoxy) is 1. The van der Waals surface area contributed by atoms with E-state index in [2.05, 4.69) is 36.8 Å². The van der Waals surface area contributed by atoms with Crippen molar-refractivity contribution in [1.82, 2.24) is 19.6 Å². The van der Waals surface area contributed by atoms with Crippen LogP contribution in [0, 0.1) is 0 Å². The molecule has 0 aliphatic heterocycles. The number of carbonyl (C=O) groups excluding carboxylic acids is 2. The van der Waals surface area contributed by atoms with Gasteiger partial charge < -0.3 is 15.4 Å². The van der Waals surface area contributed by atoms with E-state index in [1.54, 1.807) is 72.7 Å². The van der Waals surface area contributed by atoms with Crippen LogP contribution >= 0.6 is 27.5 Å². The monoisotopic (exact) mass is 528 g/mol. The number of carbonyl (C=O) groups is 2. The molecule has 0 atom stereocenters. The molecule has 2 aromatic heterocycles. The third-order valence-electron chi connectivity index (χ3n) is 4.47. The molecule has 2 N–H and O–H groups in total. The molecular weight excluding hydrogens is 512 g/mol. The quantitative estimate of drug-likeness (QED) is 0.365.